The van der Waals surface area contributed by atoms with Crippen molar-refractivity contribution in [2.45, 2.75) is 19.9 Å². The first kappa shape index (κ1) is 11.6. The Bertz CT molecular complexity index is 702. The average molecular weight is 254 g/mol. The lowest BCUT2D eigenvalue weighted by Gasteiger charge is -2.12. The van der Waals surface area contributed by atoms with Crippen LogP contribution in [0.25, 0.3) is 10.8 Å². The van der Waals surface area contributed by atoms with Gasteiger partial charge < -0.3 is 9.73 Å². The molecule has 0 aliphatic heterocycles. The zero-order valence-corrected chi connectivity index (χ0v) is 10.8. The van der Waals surface area contributed by atoms with E-state index in [1.165, 1.54) is 0 Å². The summed E-state index contributed by atoms with van der Waals surface area (Å²) in [4.78, 5) is 4.21. The molecule has 0 saturated heterocycles. The lowest BCUT2D eigenvalue weighted by atomic mass is 10.2. The van der Waals surface area contributed by atoms with E-state index in [4.69, 9.17) is 4.42 Å². The Morgan fingerprint density at radius 1 is 1.21 bits per heavy atom. The van der Waals surface area contributed by atoms with E-state index in [0.717, 1.165) is 22.4 Å². The van der Waals surface area contributed by atoms with Gasteiger partial charge in [-0.3, -0.25) is 0 Å². The minimum Gasteiger partial charge on any atom is -0.444 e. The maximum Gasteiger partial charge on any atom is 0.216 e. The molecule has 0 radical (unpaired) electrons. The van der Waals surface area contributed by atoms with Crippen molar-refractivity contribution >= 4 is 16.6 Å². The number of benzene rings is 1. The van der Waals surface area contributed by atoms with Crippen molar-refractivity contribution in [1.82, 2.24) is 15.2 Å². The first-order valence-corrected chi connectivity index (χ1v) is 6.13. The van der Waals surface area contributed by atoms with E-state index in [0.29, 0.717) is 5.89 Å². The smallest absolute Gasteiger partial charge is 0.216 e. The number of hydrogen-bond donors (Lipinski definition) is 1. The summed E-state index contributed by atoms with van der Waals surface area (Å²) in [6.07, 6.45) is 3.46. The summed E-state index contributed by atoms with van der Waals surface area (Å²) in [5.74, 6) is 2.18. The van der Waals surface area contributed by atoms with Gasteiger partial charge in [-0.15, -0.1) is 5.10 Å². The number of oxazole rings is 1. The van der Waals surface area contributed by atoms with E-state index in [9.17, 15) is 0 Å². The van der Waals surface area contributed by atoms with Gasteiger partial charge in [-0.2, -0.15) is 5.10 Å². The predicted octanol–water partition coefficient (Wildman–Crippen LogP) is 3.10. The highest BCUT2D eigenvalue weighted by Crippen LogP contribution is 2.23. The largest absolute Gasteiger partial charge is 0.444 e. The third kappa shape index (κ3) is 2.27. The predicted molar refractivity (Wildman–Crippen MR) is 72.8 cm³/mol. The lowest BCUT2D eigenvalue weighted by molar-refractivity contribution is 0.453. The van der Waals surface area contributed by atoms with E-state index in [-0.39, 0.29) is 6.04 Å². The molecule has 1 unspecified atom stereocenters. The van der Waals surface area contributed by atoms with Crippen LogP contribution in [0.3, 0.4) is 0 Å². The third-order valence-corrected chi connectivity index (χ3v) is 2.93. The molecule has 2 aromatic heterocycles. The molecule has 0 aliphatic rings. The van der Waals surface area contributed by atoms with Crippen LogP contribution in [0.5, 0.6) is 0 Å². The fourth-order valence-corrected chi connectivity index (χ4v) is 1.97. The minimum atomic E-state index is -0.0613. The molecule has 1 atom stereocenters. The van der Waals surface area contributed by atoms with Crippen molar-refractivity contribution < 1.29 is 4.42 Å². The molecule has 3 rings (SSSR count). The molecule has 19 heavy (non-hydrogen) atoms. The molecule has 5 heteroatoms. The van der Waals surface area contributed by atoms with Crippen molar-refractivity contribution in [1.29, 1.82) is 0 Å². The van der Waals surface area contributed by atoms with Crippen molar-refractivity contribution in [3.8, 4) is 0 Å². The molecule has 96 valence electrons. The Kier molecular flexibility index (Phi) is 2.87. The minimum absolute atomic E-state index is 0.0613. The summed E-state index contributed by atoms with van der Waals surface area (Å²) in [6.45, 7) is 3.86. The van der Waals surface area contributed by atoms with Crippen molar-refractivity contribution in [2.24, 2.45) is 0 Å². The van der Waals surface area contributed by atoms with Gasteiger partial charge in [0.1, 0.15) is 11.8 Å². The van der Waals surface area contributed by atoms with Gasteiger partial charge in [-0.25, -0.2) is 4.98 Å². The molecule has 1 aromatic carbocycles. The zero-order valence-electron chi connectivity index (χ0n) is 10.8. The van der Waals surface area contributed by atoms with E-state index in [1.807, 2.05) is 38.1 Å². The molecule has 0 aliphatic carbocycles. The fourth-order valence-electron chi connectivity index (χ4n) is 1.97. The van der Waals surface area contributed by atoms with Crippen LogP contribution in [0, 0.1) is 6.92 Å². The Morgan fingerprint density at radius 3 is 2.84 bits per heavy atom. The van der Waals surface area contributed by atoms with Crippen molar-refractivity contribution in [3.05, 3.63) is 48.3 Å². The second-order valence-electron chi connectivity index (χ2n) is 4.46. The van der Waals surface area contributed by atoms with E-state index < -0.39 is 0 Å². The topological polar surface area (TPSA) is 63.8 Å². The summed E-state index contributed by atoms with van der Waals surface area (Å²) < 4.78 is 5.51. The first-order valence-electron chi connectivity index (χ1n) is 6.13. The summed E-state index contributed by atoms with van der Waals surface area (Å²) in [5.41, 5.74) is 0. The SMILES string of the molecule is Cc1cnc(C(C)Nc2nncc3ccccc23)o1. The maximum atomic E-state index is 5.51. The molecule has 2 heterocycles. The number of aryl methyl sites for hydroxylation is 1. The second-order valence-corrected chi connectivity index (χ2v) is 4.46. The zero-order chi connectivity index (χ0) is 13.2. The van der Waals surface area contributed by atoms with Gasteiger partial charge in [0.05, 0.1) is 12.4 Å². The summed E-state index contributed by atoms with van der Waals surface area (Å²) in [5, 5.41) is 13.5. The van der Waals surface area contributed by atoms with Crippen molar-refractivity contribution in [3.63, 3.8) is 0 Å². The molecule has 1 N–H and O–H groups in total. The molecular formula is C14H14N4O. The standard InChI is InChI=1S/C14H14N4O/c1-9-7-15-14(19-9)10(2)17-13-12-6-4-3-5-11(12)8-16-18-13/h3-8,10H,1-2H3,(H,17,18). The second kappa shape index (κ2) is 4.68. The highest BCUT2D eigenvalue weighted by Gasteiger charge is 2.13. The van der Waals surface area contributed by atoms with Gasteiger partial charge in [0.2, 0.25) is 5.89 Å². The highest BCUT2D eigenvalue weighted by molar-refractivity contribution is 5.90. The molecular weight excluding hydrogens is 240 g/mol. The number of hydrogen-bond acceptors (Lipinski definition) is 5. The van der Waals surface area contributed by atoms with Gasteiger partial charge in [0.25, 0.3) is 0 Å². The number of anilines is 1. The molecule has 0 saturated carbocycles. The van der Waals surface area contributed by atoms with Gasteiger partial charge >= 0.3 is 0 Å². The Hall–Kier alpha value is -2.43. The molecule has 0 spiro atoms. The number of nitrogens with zero attached hydrogens (tertiary/aromatic N) is 3. The maximum absolute atomic E-state index is 5.51. The summed E-state index contributed by atoms with van der Waals surface area (Å²) in [7, 11) is 0. The monoisotopic (exact) mass is 254 g/mol. The quantitative estimate of drug-likeness (QED) is 0.778. The van der Waals surface area contributed by atoms with Crippen LogP contribution in [0.1, 0.15) is 24.6 Å². The normalized spacial score (nSPS) is 12.5. The number of fused-ring (bicyclic) bond motifs is 1. The van der Waals surface area contributed by atoms with Crippen LogP contribution in [0.15, 0.2) is 41.1 Å². The average Bonchev–Trinajstić information content (AvgIpc) is 2.86. The van der Waals surface area contributed by atoms with Gasteiger partial charge in [0, 0.05) is 10.8 Å². The van der Waals surface area contributed by atoms with E-state index in [2.05, 4.69) is 20.5 Å². The highest BCUT2D eigenvalue weighted by atomic mass is 16.4. The van der Waals surface area contributed by atoms with Gasteiger partial charge in [-0.05, 0) is 13.8 Å². The third-order valence-electron chi connectivity index (χ3n) is 2.93. The summed E-state index contributed by atoms with van der Waals surface area (Å²) in [6, 6.07) is 7.92. The Morgan fingerprint density at radius 2 is 2.05 bits per heavy atom. The Balaban J connectivity index is 1.93. The van der Waals surface area contributed by atoms with E-state index in [1.54, 1.807) is 12.4 Å². The molecule has 0 amide bonds. The van der Waals surface area contributed by atoms with Crippen LogP contribution in [0.2, 0.25) is 0 Å². The summed E-state index contributed by atoms with van der Waals surface area (Å²) >= 11 is 0. The van der Waals surface area contributed by atoms with Gasteiger partial charge in [0.15, 0.2) is 5.82 Å². The first-order chi connectivity index (χ1) is 9.24. The van der Waals surface area contributed by atoms with Gasteiger partial charge in [-0.1, -0.05) is 24.3 Å². The van der Waals surface area contributed by atoms with E-state index >= 15 is 0 Å². The molecule has 3 aromatic rings. The molecule has 5 nitrogen and oxygen atoms in total. The molecule has 0 bridgehead atoms. The van der Waals surface area contributed by atoms with Crippen LogP contribution < -0.4 is 5.32 Å². The van der Waals surface area contributed by atoms with Crippen LogP contribution in [-0.4, -0.2) is 15.2 Å². The number of rotatable bonds is 3. The number of aromatic nitrogens is 3. The van der Waals surface area contributed by atoms with Crippen LogP contribution >= 0.6 is 0 Å². The number of nitrogens with one attached hydrogen (secondary N) is 1. The van der Waals surface area contributed by atoms with Crippen LogP contribution in [0.4, 0.5) is 5.82 Å². The lowest BCUT2D eigenvalue weighted by Crippen LogP contribution is -2.09. The van der Waals surface area contributed by atoms with Crippen LogP contribution in [-0.2, 0) is 0 Å². The Labute approximate surface area is 110 Å². The van der Waals surface area contributed by atoms with Crippen molar-refractivity contribution in [2.75, 3.05) is 5.32 Å². The fraction of sp³-hybridized carbons (Fsp3) is 0.214. The molecule has 0 fully saturated rings.